The third kappa shape index (κ3) is 5.26. The highest BCUT2D eigenvalue weighted by Gasteiger charge is 1.89. The van der Waals surface area contributed by atoms with Crippen LogP contribution in [0.25, 0.3) is 0 Å². The molecule has 0 aliphatic carbocycles. The third-order valence-electron chi connectivity index (χ3n) is 1.36. The van der Waals surface area contributed by atoms with Gasteiger partial charge in [-0.2, -0.15) is 0 Å². The van der Waals surface area contributed by atoms with Crippen molar-refractivity contribution in [3.05, 3.63) is 29.8 Å². The maximum absolute atomic E-state index is 5.19. The van der Waals surface area contributed by atoms with Crippen LogP contribution in [0.5, 0.6) is 5.75 Å². The van der Waals surface area contributed by atoms with E-state index in [-0.39, 0.29) is 14.9 Å². The Hall–Kier alpha value is -1.02. The number of benzene rings is 1. The minimum Gasteiger partial charge on any atom is -0.468 e. The van der Waals surface area contributed by atoms with E-state index in [0.29, 0.717) is 6.79 Å². The Morgan fingerprint density at radius 2 is 1.62 bits per heavy atom. The minimum atomic E-state index is 0. The zero-order valence-electron chi connectivity index (χ0n) is 6.83. The lowest BCUT2D eigenvalue weighted by molar-refractivity contribution is 0.0511. The zero-order valence-corrected chi connectivity index (χ0v) is 6.83. The molecule has 0 saturated heterocycles. The molecule has 0 fully saturated rings. The summed E-state index contributed by atoms with van der Waals surface area (Å²) in [4.78, 5) is 0. The number of hydrogen-bond acceptors (Lipinski definition) is 2. The molecule has 0 heterocycles. The number of hydrogen-bond donors (Lipinski definition) is 0. The molecule has 0 spiro atoms. The van der Waals surface area contributed by atoms with Gasteiger partial charge >= 0.3 is 0 Å². The third-order valence-corrected chi connectivity index (χ3v) is 1.36. The number of ether oxygens (including phenoxy) is 2. The predicted octanol–water partition coefficient (Wildman–Crippen LogP) is 3.25. The van der Waals surface area contributed by atoms with Gasteiger partial charge in [-0.3, -0.25) is 0 Å². The van der Waals surface area contributed by atoms with Crippen molar-refractivity contribution in [2.75, 3.05) is 13.9 Å². The molecular formula is C11H20O2. The first-order valence-electron chi connectivity index (χ1n) is 3.51. The number of rotatable bonds is 3. The van der Waals surface area contributed by atoms with E-state index in [1.165, 1.54) is 5.56 Å². The van der Waals surface area contributed by atoms with Gasteiger partial charge in [-0.25, -0.2) is 0 Å². The van der Waals surface area contributed by atoms with Crippen LogP contribution >= 0.6 is 0 Å². The van der Waals surface area contributed by atoms with E-state index >= 15 is 0 Å². The van der Waals surface area contributed by atoms with Crippen molar-refractivity contribution < 1.29 is 9.47 Å². The summed E-state index contributed by atoms with van der Waals surface area (Å²) >= 11 is 0. The maximum atomic E-state index is 5.19. The molecule has 0 saturated carbocycles. The highest BCUT2D eigenvalue weighted by molar-refractivity contribution is 5.26. The van der Waals surface area contributed by atoms with E-state index in [1.54, 1.807) is 7.11 Å². The molecule has 0 aromatic heterocycles. The zero-order chi connectivity index (χ0) is 8.10. The molecule has 0 amide bonds. The van der Waals surface area contributed by atoms with Crippen molar-refractivity contribution in [1.82, 2.24) is 0 Å². The van der Waals surface area contributed by atoms with Crippen LogP contribution in [-0.2, 0) is 4.74 Å². The van der Waals surface area contributed by atoms with Gasteiger partial charge in [0.2, 0.25) is 0 Å². The second-order valence-electron chi connectivity index (χ2n) is 2.36. The first-order valence-corrected chi connectivity index (χ1v) is 3.51. The predicted molar refractivity (Wildman–Crippen MR) is 57.1 cm³/mol. The minimum absolute atomic E-state index is 0. The van der Waals surface area contributed by atoms with Crippen LogP contribution in [0.15, 0.2) is 24.3 Å². The lowest BCUT2D eigenvalue weighted by Crippen LogP contribution is -1.98. The first kappa shape index (κ1) is 14.5. The van der Waals surface area contributed by atoms with E-state index in [0.717, 1.165) is 5.75 Å². The average molecular weight is 184 g/mol. The van der Waals surface area contributed by atoms with Crippen LogP contribution in [0.4, 0.5) is 0 Å². The molecule has 1 aromatic rings. The van der Waals surface area contributed by atoms with Gasteiger partial charge in [-0.1, -0.05) is 32.5 Å². The summed E-state index contributed by atoms with van der Waals surface area (Å²) < 4.78 is 9.94. The molecule has 0 aliphatic heterocycles. The molecular weight excluding hydrogens is 164 g/mol. The Bertz CT molecular complexity index is 204. The van der Waals surface area contributed by atoms with Crippen molar-refractivity contribution in [3.8, 4) is 5.75 Å². The number of aryl methyl sites for hydroxylation is 1. The molecule has 13 heavy (non-hydrogen) atoms. The van der Waals surface area contributed by atoms with E-state index in [1.807, 2.05) is 31.2 Å². The summed E-state index contributed by atoms with van der Waals surface area (Å²) in [5, 5.41) is 0. The van der Waals surface area contributed by atoms with Gasteiger partial charge in [0, 0.05) is 7.11 Å². The summed E-state index contributed by atoms with van der Waals surface area (Å²) in [6.07, 6.45) is 0. The summed E-state index contributed by atoms with van der Waals surface area (Å²) in [5.74, 6) is 0.845. The smallest absolute Gasteiger partial charge is 0.188 e. The molecule has 2 nitrogen and oxygen atoms in total. The fourth-order valence-corrected chi connectivity index (χ4v) is 0.761. The second-order valence-corrected chi connectivity index (χ2v) is 2.36. The Morgan fingerprint density at radius 3 is 2.08 bits per heavy atom. The molecule has 0 aliphatic rings. The van der Waals surface area contributed by atoms with Gasteiger partial charge in [-0.15, -0.1) is 0 Å². The highest BCUT2D eigenvalue weighted by atomic mass is 16.7. The molecule has 0 radical (unpaired) electrons. The van der Waals surface area contributed by atoms with Crippen molar-refractivity contribution in [3.63, 3.8) is 0 Å². The summed E-state index contributed by atoms with van der Waals surface area (Å²) in [6.45, 7) is 2.35. The SMILES string of the molecule is C.C.COCOc1ccc(C)cc1. The van der Waals surface area contributed by atoms with Gasteiger partial charge in [0.25, 0.3) is 0 Å². The van der Waals surface area contributed by atoms with Gasteiger partial charge < -0.3 is 9.47 Å². The van der Waals surface area contributed by atoms with Crippen LogP contribution in [0.1, 0.15) is 20.4 Å². The van der Waals surface area contributed by atoms with Gasteiger partial charge in [-0.05, 0) is 19.1 Å². The summed E-state index contributed by atoms with van der Waals surface area (Å²) in [7, 11) is 1.61. The van der Waals surface area contributed by atoms with Crippen LogP contribution in [0.3, 0.4) is 0 Å². The normalized spacial score (nSPS) is 8.15. The van der Waals surface area contributed by atoms with Crippen LogP contribution in [-0.4, -0.2) is 13.9 Å². The maximum Gasteiger partial charge on any atom is 0.188 e. The molecule has 0 bridgehead atoms. The Morgan fingerprint density at radius 1 is 1.08 bits per heavy atom. The summed E-state index contributed by atoms with van der Waals surface area (Å²) in [6, 6.07) is 7.86. The van der Waals surface area contributed by atoms with E-state index in [2.05, 4.69) is 0 Å². The number of methoxy groups -OCH3 is 1. The van der Waals surface area contributed by atoms with Crippen molar-refractivity contribution >= 4 is 0 Å². The topological polar surface area (TPSA) is 18.5 Å². The largest absolute Gasteiger partial charge is 0.468 e. The first-order chi connectivity index (χ1) is 5.33. The Kier molecular flexibility index (Phi) is 8.50. The monoisotopic (exact) mass is 184 g/mol. The molecule has 0 atom stereocenters. The van der Waals surface area contributed by atoms with Gasteiger partial charge in [0.15, 0.2) is 6.79 Å². The lowest BCUT2D eigenvalue weighted by Gasteiger charge is -2.03. The van der Waals surface area contributed by atoms with E-state index in [9.17, 15) is 0 Å². The molecule has 76 valence electrons. The fourth-order valence-electron chi connectivity index (χ4n) is 0.761. The molecule has 0 unspecified atom stereocenters. The van der Waals surface area contributed by atoms with Gasteiger partial charge in [0.1, 0.15) is 5.75 Å². The van der Waals surface area contributed by atoms with Gasteiger partial charge in [0.05, 0.1) is 0 Å². The van der Waals surface area contributed by atoms with E-state index in [4.69, 9.17) is 9.47 Å². The van der Waals surface area contributed by atoms with Crippen molar-refractivity contribution in [2.24, 2.45) is 0 Å². The fraction of sp³-hybridized carbons (Fsp3) is 0.455. The standard InChI is InChI=1S/C9H12O2.2CH4/c1-8-3-5-9(6-4-8)11-7-10-2;;/h3-6H,7H2,1-2H3;2*1H4. The Balaban J connectivity index is 0. The van der Waals surface area contributed by atoms with Crippen LogP contribution < -0.4 is 4.74 Å². The van der Waals surface area contributed by atoms with Crippen molar-refractivity contribution in [2.45, 2.75) is 21.8 Å². The molecule has 0 N–H and O–H groups in total. The lowest BCUT2D eigenvalue weighted by atomic mass is 10.2. The van der Waals surface area contributed by atoms with Crippen molar-refractivity contribution in [1.29, 1.82) is 0 Å². The summed E-state index contributed by atoms with van der Waals surface area (Å²) in [5.41, 5.74) is 1.23. The second kappa shape index (κ2) is 7.62. The molecule has 1 rings (SSSR count). The van der Waals surface area contributed by atoms with Crippen LogP contribution in [0.2, 0.25) is 0 Å². The Labute approximate surface area is 81.5 Å². The quantitative estimate of drug-likeness (QED) is 0.671. The molecule has 2 heteroatoms. The van der Waals surface area contributed by atoms with Crippen LogP contribution in [0, 0.1) is 6.92 Å². The molecule has 1 aromatic carbocycles. The van der Waals surface area contributed by atoms with E-state index < -0.39 is 0 Å². The highest BCUT2D eigenvalue weighted by Crippen LogP contribution is 2.10. The average Bonchev–Trinajstić information content (AvgIpc) is 2.04.